The van der Waals surface area contributed by atoms with Crippen molar-refractivity contribution in [3.05, 3.63) is 40.3 Å². The van der Waals surface area contributed by atoms with Crippen LogP contribution < -0.4 is 0 Å². The van der Waals surface area contributed by atoms with Crippen LogP contribution in [-0.4, -0.2) is 4.75 Å². The molecule has 0 spiro atoms. The minimum atomic E-state index is 0.544. The molecule has 0 radical (unpaired) electrons. The molecule has 1 aliphatic heterocycles. The molecule has 1 saturated carbocycles. The molecule has 1 fully saturated rings. The molecule has 178 valence electrons. The highest BCUT2D eigenvalue weighted by Crippen LogP contribution is 2.70. The zero-order chi connectivity index (χ0) is 22.7. The first kappa shape index (κ1) is 24.4. The monoisotopic (exact) mass is 452 g/mol. The van der Waals surface area contributed by atoms with Crippen molar-refractivity contribution in [1.29, 1.82) is 0 Å². The molecule has 32 heavy (non-hydrogen) atoms. The first-order valence-electron chi connectivity index (χ1n) is 14.0. The van der Waals surface area contributed by atoms with Crippen LogP contribution in [0.1, 0.15) is 140 Å². The Kier molecular flexibility index (Phi) is 8.18. The number of hydrogen-bond acceptors (Lipinski definition) is 1. The lowest BCUT2D eigenvalue weighted by Crippen LogP contribution is -2.20. The standard InChI is InChI=1S/C31H48S/c1-6-8-9-10-12-22(3)13-17-26(11-7-2)31-20-30(31)29(21-32-31)25-16-18-27-23(4)14-15-24(5)28(27)19-25/h16,18-19,21-24,26,30H,6-15,17,20H2,1-5H3. The van der Waals surface area contributed by atoms with Gasteiger partial charge < -0.3 is 0 Å². The highest BCUT2D eigenvalue weighted by molar-refractivity contribution is 8.04. The van der Waals surface area contributed by atoms with Crippen molar-refractivity contribution in [2.24, 2.45) is 17.8 Å². The van der Waals surface area contributed by atoms with E-state index in [4.69, 9.17) is 0 Å². The Morgan fingerprint density at radius 1 is 0.906 bits per heavy atom. The zero-order valence-electron chi connectivity index (χ0n) is 21.6. The number of unbranched alkanes of at least 4 members (excludes halogenated alkanes) is 3. The van der Waals surface area contributed by atoms with Crippen molar-refractivity contribution < 1.29 is 0 Å². The average molecular weight is 453 g/mol. The van der Waals surface area contributed by atoms with Crippen LogP contribution in [0, 0.1) is 17.8 Å². The second-order valence-electron chi connectivity index (χ2n) is 11.6. The second-order valence-corrected chi connectivity index (χ2v) is 12.9. The lowest BCUT2D eigenvalue weighted by molar-refractivity contribution is 0.350. The van der Waals surface area contributed by atoms with E-state index in [0.717, 1.165) is 29.6 Å². The number of rotatable bonds is 12. The molecule has 0 saturated heterocycles. The maximum absolute atomic E-state index is 2.59. The Morgan fingerprint density at radius 2 is 1.69 bits per heavy atom. The van der Waals surface area contributed by atoms with Crippen LogP contribution >= 0.6 is 11.8 Å². The van der Waals surface area contributed by atoms with Crippen LogP contribution in [0.5, 0.6) is 0 Å². The van der Waals surface area contributed by atoms with Gasteiger partial charge in [0.2, 0.25) is 0 Å². The van der Waals surface area contributed by atoms with Gasteiger partial charge in [-0.3, -0.25) is 0 Å². The predicted molar refractivity (Wildman–Crippen MR) is 144 cm³/mol. The number of fused-ring (bicyclic) bond motifs is 2. The summed E-state index contributed by atoms with van der Waals surface area (Å²) in [6.07, 6.45) is 16.9. The summed E-state index contributed by atoms with van der Waals surface area (Å²) in [5.41, 5.74) is 6.49. The Labute approximate surface area is 203 Å². The zero-order valence-corrected chi connectivity index (χ0v) is 22.4. The Morgan fingerprint density at radius 3 is 2.41 bits per heavy atom. The molecule has 2 aliphatic carbocycles. The molecule has 0 aromatic heterocycles. The lowest BCUT2D eigenvalue weighted by Gasteiger charge is -2.28. The van der Waals surface area contributed by atoms with Crippen LogP contribution in [0.4, 0.5) is 0 Å². The summed E-state index contributed by atoms with van der Waals surface area (Å²) in [4.78, 5) is 0. The van der Waals surface area contributed by atoms with E-state index in [2.05, 4.69) is 70.0 Å². The third kappa shape index (κ3) is 5.03. The van der Waals surface area contributed by atoms with E-state index < -0.39 is 0 Å². The van der Waals surface area contributed by atoms with E-state index in [-0.39, 0.29) is 0 Å². The van der Waals surface area contributed by atoms with Crippen molar-refractivity contribution >= 4 is 17.3 Å². The van der Waals surface area contributed by atoms with Gasteiger partial charge in [-0.25, -0.2) is 0 Å². The fraction of sp³-hybridized carbons (Fsp3) is 0.742. The van der Waals surface area contributed by atoms with Gasteiger partial charge in [-0.05, 0) is 83.4 Å². The van der Waals surface area contributed by atoms with Crippen LogP contribution in [-0.2, 0) is 0 Å². The predicted octanol–water partition coefficient (Wildman–Crippen LogP) is 10.3. The third-order valence-electron chi connectivity index (χ3n) is 9.13. The molecule has 4 rings (SSSR count). The molecule has 6 unspecified atom stereocenters. The smallest absolute Gasteiger partial charge is 0.0305 e. The third-order valence-corrected chi connectivity index (χ3v) is 10.7. The first-order chi connectivity index (χ1) is 15.5. The molecule has 0 bridgehead atoms. The molecular formula is C31H48S. The first-order valence-corrected chi connectivity index (χ1v) is 14.9. The molecule has 0 nitrogen and oxygen atoms in total. The normalized spacial score (nSPS) is 30.4. The maximum atomic E-state index is 2.59. The molecule has 3 aliphatic rings. The molecule has 0 amide bonds. The van der Waals surface area contributed by atoms with Crippen molar-refractivity contribution in [2.75, 3.05) is 0 Å². The average Bonchev–Trinajstić information content (AvgIpc) is 3.41. The highest BCUT2D eigenvalue weighted by Gasteiger charge is 2.62. The number of hydrogen-bond donors (Lipinski definition) is 0. The van der Waals surface area contributed by atoms with Crippen LogP contribution in [0.25, 0.3) is 5.57 Å². The van der Waals surface area contributed by atoms with Crippen molar-refractivity contribution in [2.45, 2.75) is 128 Å². The Balaban J connectivity index is 1.38. The molecule has 0 N–H and O–H groups in total. The SMILES string of the molecule is CCCCCCC(C)CCC(CCC)C12CC1C(c1ccc3c(c1)C(C)CCC3C)=CS2. The minimum absolute atomic E-state index is 0.544. The second kappa shape index (κ2) is 10.7. The van der Waals surface area contributed by atoms with Crippen LogP contribution in [0.3, 0.4) is 0 Å². The van der Waals surface area contributed by atoms with Crippen LogP contribution in [0.15, 0.2) is 23.6 Å². The van der Waals surface area contributed by atoms with Gasteiger partial charge in [0, 0.05) is 10.7 Å². The molecule has 1 heteroatoms. The molecule has 6 atom stereocenters. The summed E-state index contributed by atoms with van der Waals surface area (Å²) >= 11 is 2.22. The van der Waals surface area contributed by atoms with Crippen LogP contribution in [0.2, 0.25) is 0 Å². The van der Waals surface area contributed by atoms with Crippen molar-refractivity contribution in [3.63, 3.8) is 0 Å². The van der Waals surface area contributed by atoms with Gasteiger partial charge in [0.25, 0.3) is 0 Å². The topological polar surface area (TPSA) is 0 Å². The van der Waals surface area contributed by atoms with Crippen molar-refractivity contribution in [3.8, 4) is 0 Å². The summed E-state index contributed by atoms with van der Waals surface area (Å²) in [6, 6.07) is 7.52. The highest BCUT2D eigenvalue weighted by atomic mass is 32.2. The largest absolute Gasteiger partial charge is 0.126 e. The van der Waals surface area contributed by atoms with E-state index in [1.807, 2.05) is 0 Å². The van der Waals surface area contributed by atoms with Gasteiger partial charge in [-0.2, -0.15) is 0 Å². The quantitative estimate of drug-likeness (QED) is 0.284. The summed E-state index contributed by atoms with van der Waals surface area (Å²) in [5.74, 6) is 4.10. The van der Waals surface area contributed by atoms with E-state index in [0.29, 0.717) is 4.75 Å². The minimum Gasteiger partial charge on any atom is -0.126 e. The summed E-state index contributed by atoms with van der Waals surface area (Å²) in [6.45, 7) is 12.1. The molecule has 1 heterocycles. The Hall–Kier alpha value is -0.690. The van der Waals surface area contributed by atoms with Gasteiger partial charge >= 0.3 is 0 Å². The Bertz CT molecular complexity index is 792. The summed E-state index contributed by atoms with van der Waals surface area (Å²) in [7, 11) is 0. The summed E-state index contributed by atoms with van der Waals surface area (Å²) in [5, 5.41) is 2.57. The number of benzene rings is 1. The number of thioether (sulfide) groups is 1. The number of allylic oxidation sites excluding steroid dienone is 1. The van der Waals surface area contributed by atoms with E-state index >= 15 is 0 Å². The lowest BCUT2D eigenvalue weighted by atomic mass is 9.77. The summed E-state index contributed by atoms with van der Waals surface area (Å²) < 4.78 is 0.544. The fourth-order valence-electron chi connectivity index (χ4n) is 6.81. The van der Waals surface area contributed by atoms with E-state index in [1.165, 1.54) is 77.0 Å². The molecular weight excluding hydrogens is 404 g/mol. The van der Waals surface area contributed by atoms with Gasteiger partial charge in [0.15, 0.2) is 0 Å². The van der Waals surface area contributed by atoms with E-state index in [9.17, 15) is 0 Å². The van der Waals surface area contributed by atoms with Crippen molar-refractivity contribution in [1.82, 2.24) is 0 Å². The molecule has 1 aromatic carbocycles. The molecule has 1 aromatic rings. The van der Waals surface area contributed by atoms with Gasteiger partial charge in [-0.1, -0.05) is 97.8 Å². The van der Waals surface area contributed by atoms with E-state index in [1.54, 1.807) is 22.3 Å². The fourth-order valence-corrected chi connectivity index (χ4v) is 8.44. The van der Waals surface area contributed by atoms with Gasteiger partial charge in [-0.15, -0.1) is 11.8 Å². The maximum Gasteiger partial charge on any atom is 0.0305 e. The van der Waals surface area contributed by atoms with Gasteiger partial charge in [0.1, 0.15) is 0 Å². The van der Waals surface area contributed by atoms with Gasteiger partial charge in [0.05, 0.1) is 0 Å².